The fourth-order valence-electron chi connectivity index (χ4n) is 7.76. The van der Waals surface area contributed by atoms with Gasteiger partial charge in [-0.2, -0.15) is 0 Å². The van der Waals surface area contributed by atoms with Crippen molar-refractivity contribution in [2.24, 2.45) is 21.7 Å². The first-order valence-electron chi connectivity index (χ1n) is 13.6. The van der Waals surface area contributed by atoms with E-state index in [2.05, 4.69) is 37.5 Å². The maximum Gasteiger partial charge on any atom is 0.0315 e. The molecule has 0 saturated heterocycles. The van der Waals surface area contributed by atoms with E-state index in [9.17, 15) is 0 Å². The Balaban J connectivity index is 1.34. The zero-order valence-electron chi connectivity index (χ0n) is 20.1. The van der Waals surface area contributed by atoms with Gasteiger partial charge in [-0.15, -0.1) is 11.8 Å². The normalized spacial score (nSPS) is 39.1. The number of rotatable bonds is 7. The third-order valence-corrected chi connectivity index (χ3v) is 10.1. The number of unbranched alkanes of at least 4 members (excludes halogenated alkanes) is 6. The Kier molecular flexibility index (Phi) is 6.93. The van der Waals surface area contributed by atoms with Gasteiger partial charge >= 0.3 is 0 Å². The number of hydrogen-bond acceptors (Lipinski definition) is 0. The van der Waals surface area contributed by atoms with Crippen molar-refractivity contribution in [3.8, 4) is 23.7 Å². The van der Waals surface area contributed by atoms with Gasteiger partial charge in [0.05, 0.1) is 0 Å². The molecule has 0 nitrogen and oxygen atoms in total. The highest BCUT2D eigenvalue weighted by Gasteiger charge is 2.61. The van der Waals surface area contributed by atoms with Crippen LogP contribution < -0.4 is 0 Å². The molecule has 0 aromatic rings. The highest BCUT2D eigenvalue weighted by Crippen LogP contribution is 2.71. The molecule has 30 heavy (non-hydrogen) atoms. The van der Waals surface area contributed by atoms with Crippen molar-refractivity contribution in [1.82, 2.24) is 0 Å². The van der Waals surface area contributed by atoms with Crippen LogP contribution in [0, 0.1) is 45.3 Å². The lowest BCUT2D eigenvalue weighted by atomic mass is 9.39. The van der Waals surface area contributed by atoms with E-state index in [0.717, 1.165) is 12.8 Å². The monoisotopic (exact) mass is 406 g/mol. The Morgan fingerprint density at radius 3 is 1.10 bits per heavy atom. The van der Waals surface area contributed by atoms with Gasteiger partial charge < -0.3 is 0 Å². The van der Waals surface area contributed by atoms with E-state index < -0.39 is 0 Å². The lowest BCUT2D eigenvalue weighted by molar-refractivity contribution is -0.140. The van der Waals surface area contributed by atoms with Crippen molar-refractivity contribution in [3.63, 3.8) is 0 Å². The van der Waals surface area contributed by atoms with E-state index in [-0.39, 0.29) is 0 Å². The minimum atomic E-state index is 0.404. The average molecular weight is 407 g/mol. The zero-order valence-corrected chi connectivity index (χ0v) is 20.1. The fourth-order valence-corrected chi connectivity index (χ4v) is 7.76. The molecule has 0 atom stereocenters. The van der Waals surface area contributed by atoms with E-state index in [1.165, 1.54) is 116 Å². The molecule has 6 saturated carbocycles. The molecule has 4 bridgehead atoms. The van der Waals surface area contributed by atoms with Crippen molar-refractivity contribution in [2.75, 3.05) is 0 Å². The van der Waals surface area contributed by atoms with E-state index in [1.54, 1.807) is 0 Å². The maximum atomic E-state index is 3.82. The van der Waals surface area contributed by atoms with Crippen LogP contribution in [0.3, 0.4) is 0 Å². The van der Waals surface area contributed by atoms with Crippen LogP contribution in [0.5, 0.6) is 0 Å². The molecule has 6 rings (SSSR count). The largest absolute Gasteiger partial charge is 0.103 e. The molecule has 0 unspecified atom stereocenters. The summed E-state index contributed by atoms with van der Waals surface area (Å²) in [4.78, 5) is 0. The Bertz CT molecular complexity index is 591. The highest BCUT2D eigenvalue weighted by atomic mass is 14.7. The first-order chi connectivity index (χ1) is 14.6. The van der Waals surface area contributed by atoms with Crippen molar-refractivity contribution < 1.29 is 0 Å². The summed E-state index contributed by atoms with van der Waals surface area (Å²) >= 11 is 0. The van der Waals surface area contributed by atoms with Crippen LogP contribution in [0.4, 0.5) is 0 Å². The molecular weight excluding hydrogens is 360 g/mol. The van der Waals surface area contributed by atoms with Crippen LogP contribution in [-0.2, 0) is 0 Å². The van der Waals surface area contributed by atoms with Gasteiger partial charge in [-0.05, 0) is 101 Å². The molecule has 0 spiro atoms. The fraction of sp³-hybridized carbons (Fsp3) is 0.867. The van der Waals surface area contributed by atoms with Crippen LogP contribution in [0.25, 0.3) is 0 Å². The second kappa shape index (κ2) is 9.32. The van der Waals surface area contributed by atoms with Gasteiger partial charge in [0.1, 0.15) is 0 Å². The van der Waals surface area contributed by atoms with E-state index in [1.807, 2.05) is 0 Å². The van der Waals surface area contributed by atoms with Gasteiger partial charge in [0, 0.05) is 23.7 Å². The molecule has 6 fully saturated rings. The second-order valence-electron chi connectivity index (χ2n) is 11.6. The van der Waals surface area contributed by atoms with Gasteiger partial charge in [-0.25, -0.2) is 0 Å². The summed E-state index contributed by atoms with van der Waals surface area (Å²) in [6.45, 7) is 4.57. The van der Waals surface area contributed by atoms with Gasteiger partial charge in [0.25, 0.3) is 0 Å². The topological polar surface area (TPSA) is 0 Å². The third-order valence-electron chi connectivity index (χ3n) is 10.1. The smallest absolute Gasteiger partial charge is 0.0315 e. The summed E-state index contributed by atoms with van der Waals surface area (Å²) in [7, 11) is 0. The first kappa shape index (κ1) is 22.3. The standard InChI is InChI=1S/C30H46/c1-3-5-7-9-11-13-27-15-21-29(22-16-27,23-17-27)30-24-18-28(19-25-30,20-26-30)14-12-10-8-6-4-2/h3-10,15-26H2,1-2H3. The van der Waals surface area contributed by atoms with E-state index >= 15 is 0 Å². The highest BCUT2D eigenvalue weighted by molar-refractivity contribution is 5.23. The molecule has 0 heterocycles. The van der Waals surface area contributed by atoms with Gasteiger partial charge in [0.15, 0.2) is 0 Å². The molecule has 0 radical (unpaired) electrons. The summed E-state index contributed by atoms with van der Waals surface area (Å²) in [5.74, 6) is 14.8. The molecule has 166 valence electrons. The molecule has 0 aliphatic heterocycles. The lowest BCUT2D eigenvalue weighted by Gasteiger charge is -2.65. The predicted molar refractivity (Wildman–Crippen MR) is 129 cm³/mol. The Labute approximate surface area is 187 Å². The van der Waals surface area contributed by atoms with Crippen LogP contribution in [0.15, 0.2) is 0 Å². The molecule has 0 aromatic heterocycles. The third kappa shape index (κ3) is 4.23. The summed E-state index contributed by atoms with van der Waals surface area (Å²) in [6.07, 6.45) is 27.4. The minimum Gasteiger partial charge on any atom is -0.103 e. The SMILES string of the molecule is CCCCCC#CC12CCC(C34CCC(C#CCCCCC)(CC3)CC4)(CC1)CC2. The molecule has 0 amide bonds. The van der Waals surface area contributed by atoms with Crippen LogP contribution in [0.2, 0.25) is 0 Å². The van der Waals surface area contributed by atoms with Crippen LogP contribution in [0.1, 0.15) is 142 Å². The molecular formula is C30H46. The van der Waals surface area contributed by atoms with Gasteiger partial charge in [-0.1, -0.05) is 51.4 Å². The first-order valence-corrected chi connectivity index (χ1v) is 13.6. The Morgan fingerprint density at radius 1 is 0.467 bits per heavy atom. The molecule has 0 aromatic carbocycles. The second-order valence-corrected chi connectivity index (χ2v) is 11.6. The maximum absolute atomic E-state index is 3.82. The Morgan fingerprint density at radius 2 is 0.800 bits per heavy atom. The number of fused-ring (bicyclic) bond motifs is 6. The summed E-state index contributed by atoms with van der Waals surface area (Å²) < 4.78 is 0. The summed E-state index contributed by atoms with van der Waals surface area (Å²) in [6, 6.07) is 0. The molecule has 6 aliphatic rings. The van der Waals surface area contributed by atoms with Crippen molar-refractivity contribution >= 4 is 0 Å². The van der Waals surface area contributed by atoms with Crippen molar-refractivity contribution in [1.29, 1.82) is 0 Å². The van der Waals surface area contributed by atoms with Crippen molar-refractivity contribution in [2.45, 2.75) is 142 Å². The molecule has 0 heteroatoms. The molecule has 6 aliphatic carbocycles. The van der Waals surface area contributed by atoms with Crippen LogP contribution in [-0.4, -0.2) is 0 Å². The van der Waals surface area contributed by atoms with Crippen molar-refractivity contribution in [3.05, 3.63) is 0 Å². The van der Waals surface area contributed by atoms with E-state index in [0.29, 0.717) is 21.7 Å². The lowest BCUT2D eigenvalue weighted by Crippen LogP contribution is -2.55. The quantitative estimate of drug-likeness (QED) is 0.292. The minimum absolute atomic E-state index is 0.404. The average Bonchev–Trinajstić information content (AvgIpc) is 2.81. The number of hydrogen-bond donors (Lipinski definition) is 0. The Hall–Kier alpha value is -0.880. The van der Waals surface area contributed by atoms with Crippen LogP contribution >= 0.6 is 0 Å². The van der Waals surface area contributed by atoms with Gasteiger partial charge in [0.2, 0.25) is 0 Å². The molecule has 0 N–H and O–H groups in total. The summed E-state index contributed by atoms with van der Waals surface area (Å²) in [5.41, 5.74) is 2.14. The predicted octanol–water partition coefficient (Wildman–Crippen LogP) is 8.84. The zero-order chi connectivity index (χ0) is 21.0. The summed E-state index contributed by atoms with van der Waals surface area (Å²) in [5, 5.41) is 0. The van der Waals surface area contributed by atoms with Gasteiger partial charge in [-0.3, -0.25) is 0 Å². The van der Waals surface area contributed by atoms with E-state index in [4.69, 9.17) is 0 Å².